The highest BCUT2D eigenvalue weighted by Crippen LogP contribution is 2.03. The van der Waals surface area contributed by atoms with Gasteiger partial charge in [0.2, 0.25) is 5.91 Å². The zero-order valence-corrected chi connectivity index (χ0v) is 9.00. The van der Waals surface area contributed by atoms with Crippen LogP contribution in [0.3, 0.4) is 0 Å². The van der Waals surface area contributed by atoms with Crippen LogP contribution in [0.15, 0.2) is 12.7 Å². The molecule has 0 fully saturated rings. The highest BCUT2D eigenvalue weighted by Gasteiger charge is 2.13. The molecule has 0 rings (SSSR count). The standard InChI is InChI=1S/C10H20N2O/c1-6-10(13)11-9(3)8(2)7-12(4)5/h6,8-9H,1,7H2,2-5H3,(H,11,13). The van der Waals surface area contributed by atoms with Crippen LogP contribution in [0.2, 0.25) is 0 Å². The van der Waals surface area contributed by atoms with Crippen molar-refractivity contribution in [3.8, 4) is 0 Å². The van der Waals surface area contributed by atoms with Gasteiger partial charge in [0.25, 0.3) is 0 Å². The SMILES string of the molecule is C=CC(=O)NC(C)C(C)CN(C)C. The van der Waals surface area contributed by atoms with Crippen LogP contribution in [0.4, 0.5) is 0 Å². The number of amides is 1. The lowest BCUT2D eigenvalue weighted by atomic mass is 10.0. The molecule has 0 radical (unpaired) electrons. The number of nitrogens with zero attached hydrogens (tertiary/aromatic N) is 1. The molecule has 0 heterocycles. The first-order valence-electron chi connectivity index (χ1n) is 4.55. The molecule has 3 heteroatoms. The van der Waals surface area contributed by atoms with Gasteiger partial charge >= 0.3 is 0 Å². The molecule has 0 spiro atoms. The fourth-order valence-electron chi connectivity index (χ4n) is 1.16. The number of carbonyl (C=O) groups excluding carboxylic acids is 1. The van der Waals surface area contributed by atoms with Crippen LogP contribution in [-0.2, 0) is 4.79 Å². The molecule has 76 valence electrons. The van der Waals surface area contributed by atoms with Gasteiger partial charge in [-0.1, -0.05) is 13.5 Å². The molecule has 2 atom stereocenters. The zero-order chi connectivity index (χ0) is 10.4. The highest BCUT2D eigenvalue weighted by atomic mass is 16.1. The van der Waals surface area contributed by atoms with Crippen LogP contribution < -0.4 is 5.32 Å². The van der Waals surface area contributed by atoms with Gasteiger partial charge in [0.1, 0.15) is 0 Å². The van der Waals surface area contributed by atoms with Crippen molar-refractivity contribution >= 4 is 5.91 Å². The number of rotatable bonds is 5. The van der Waals surface area contributed by atoms with Crippen molar-refractivity contribution in [3.63, 3.8) is 0 Å². The summed E-state index contributed by atoms with van der Waals surface area (Å²) in [6.45, 7) is 8.51. The molecular formula is C10H20N2O. The topological polar surface area (TPSA) is 32.3 Å². The Morgan fingerprint density at radius 2 is 2.08 bits per heavy atom. The van der Waals surface area contributed by atoms with Crippen molar-refractivity contribution in [1.29, 1.82) is 0 Å². The van der Waals surface area contributed by atoms with Crippen LogP contribution in [0.25, 0.3) is 0 Å². The third-order valence-electron chi connectivity index (χ3n) is 2.06. The maximum Gasteiger partial charge on any atom is 0.243 e. The monoisotopic (exact) mass is 184 g/mol. The summed E-state index contributed by atoms with van der Waals surface area (Å²) in [5, 5.41) is 2.85. The molecule has 2 unspecified atom stereocenters. The van der Waals surface area contributed by atoms with Gasteiger partial charge in [-0.25, -0.2) is 0 Å². The van der Waals surface area contributed by atoms with E-state index < -0.39 is 0 Å². The van der Waals surface area contributed by atoms with Crippen molar-refractivity contribution in [3.05, 3.63) is 12.7 Å². The van der Waals surface area contributed by atoms with Gasteiger partial charge in [-0.05, 0) is 33.0 Å². The molecule has 0 aromatic carbocycles. The Bertz CT molecular complexity index is 178. The minimum absolute atomic E-state index is 0.0990. The normalized spacial score (nSPS) is 15.2. The second kappa shape index (κ2) is 5.75. The Kier molecular flexibility index (Phi) is 5.39. The van der Waals surface area contributed by atoms with Crippen LogP contribution in [0.1, 0.15) is 13.8 Å². The molecule has 0 aromatic rings. The number of carbonyl (C=O) groups is 1. The lowest BCUT2D eigenvalue weighted by Gasteiger charge is -2.23. The lowest BCUT2D eigenvalue weighted by molar-refractivity contribution is -0.117. The highest BCUT2D eigenvalue weighted by molar-refractivity contribution is 5.87. The summed E-state index contributed by atoms with van der Waals surface area (Å²) in [6.07, 6.45) is 1.30. The third-order valence-corrected chi connectivity index (χ3v) is 2.06. The maximum absolute atomic E-state index is 11.0. The van der Waals surface area contributed by atoms with Gasteiger partial charge < -0.3 is 10.2 Å². The van der Waals surface area contributed by atoms with Crippen molar-refractivity contribution in [1.82, 2.24) is 10.2 Å². The Hall–Kier alpha value is -0.830. The predicted molar refractivity (Wildman–Crippen MR) is 55.5 cm³/mol. The van der Waals surface area contributed by atoms with Crippen LogP contribution in [-0.4, -0.2) is 37.5 Å². The molecule has 0 aromatic heterocycles. The van der Waals surface area contributed by atoms with E-state index >= 15 is 0 Å². The average molecular weight is 184 g/mol. The molecule has 0 aliphatic carbocycles. The molecule has 0 aliphatic heterocycles. The fraction of sp³-hybridized carbons (Fsp3) is 0.700. The van der Waals surface area contributed by atoms with Gasteiger partial charge in [0.15, 0.2) is 0 Å². The fourth-order valence-corrected chi connectivity index (χ4v) is 1.16. The van der Waals surface area contributed by atoms with E-state index in [9.17, 15) is 4.79 Å². The largest absolute Gasteiger partial charge is 0.350 e. The molecule has 1 N–H and O–H groups in total. The van der Waals surface area contributed by atoms with Crippen LogP contribution >= 0.6 is 0 Å². The molecule has 0 aliphatic rings. The summed E-state index contributed by atoms with van der Waals surface area (Å²) in [7, 11) is 4.05. The maximum atomic E-state index is 11.0. The van der Waals surface area contributed by atoms with E-state index in [0.29, 0.717) is 5.92 Å². The van der Waals surface area contributed by atoms with Gasteiger partial charge in [-0.3, -0.25) is 4.79 Å². The van der Waals surface area contributed by atoms with Gasteiger partial charge in [0, 0.05) is 12.6 Å². The van der Waals surface area contributed by atoms with Crippen molar-refractivity contribution in [2.45, 2.75) is 19.9 Å². The number of hydrogen-bond acceptors (Lipinski definition) is 2. The third kappa shape index (κ3) is 5.42. The van der Waals surface area contributed by atoms with Crippen LogP contribution in [0.5, 0.6) is 0 Å². The first kappa shape index (κ1) is 12.2. The van der Waals surface area contributed by atoms with Crippen molar-refractivity contribution in [2.24, 2.45) is 5.92 Å². The van der Waals surface area contributed by atoms with Gasteiger partial charge in [0.05, 0.1) is 0 Å². The summed E-state index contributed by atoms with van der Waals surface area (Å²) in [5.74, 6) is 0.344. The second-order valence-corrected chi connectivity index (χ2v) is 3.74. The van der Waals surface area contributed by atoms with Crippen molar-refractivity contribution in [2.75, 3.05) is 20.6 Å². The summed E-state index contributed by atoms with van der Waals surface area (Å²) < 4.78 is 0. The molecule has 13 heavy (non-hydrogen) atoms. The molecule has 0 bridgehead atoms. The minimum atomic E-state index is -0.0990. The number of nitrogens with one attached hydrogen (secondary N) is 1. The average Bonchev–Trinajstić information content (AvgIpc) is 2.02. The lowest BCUT2D eigenvalue weighted by Crippen LogP contribution is -2.39. The smallest absolute Gasteiger partial charge is 0.243 e. The van der Waals surface area contributed by atoms with Gasteiger partial charge in [-0.15, -0.1) is 0 Å². The first-order chi connectivity index (χ1) is 5.97. The Morgan fingerprint density at radius 1 is 1.54 bits per heavy atom. The summed E-state index contributed by atoms with van der Waals surface area (Å²) >= 11 is 0. The molecule has 1 amide bonds. The quantitative estimate of drug-likeness (QED) is 0.643. The van der Waals surface area contributed by atoms with E-state index in [1.807, 2.05) is 21.0 Å². The van der Waals surface area contributed by atoms with Gasteiger partial charge in [-0.2, -0.15) is 0 Å². The Balaban J connectivity index is 3.88. The van der Waals surface area contributed by atoms with Crippen LogP contribution in [0, 0.1) is 5.92 Å². The van der Waals surface area contributed by atoms with E-state index in [4.69, 9.17) is 0 Å². The predicted octanol–water partition coefficient (Wildman–Crippen LogP) is 0.875. The van der Waals surface area contributed by atoms with E-state index in [-0.39, 0.29) is 11.9 Å². The zero-order valence-electron chi connectivity index (χ0n) is 9.00. The minimum Gasteiger partial charge on any atom is -0.350 e. The van der Waals surface area contributed by atoms with E-state index in [2.05, 4.69) is 23.7 Å². The van der Waals surface area contributed by atoms with E-state index in [0.717, 1.165) is 6.54 Å². The molecule has 0 saturated heterocycles. The van der Waals surface area contributed by atoms with Crippen molar-refractivity contribution < 1.29 is 4.79 Å². The Labute approximate surface area is 80.8 Å². The first-order valence-corrected chi connectivity index (χ1v) is 4.55. The molecule has 0 saturated carbocycles. The van der Waals surface area contributed by atoms with E-state index in [1.54, 1.807) is 0 Å². The summed E-state index contributed by atoms with van der Waals surface area (Å²) in [6, 6.07) is 0.188. The second-order valence-electron chi connectivity index (χ2n) is 3.74. The number of hydrogen-bond donors (Lipinski definition) is 1. The summed E-state index contributed by atoms with van der Waals surface area (Å²) in [5.41, 5.74) is 0. The molecule has 3 nitrogen and oxygen atoms in total. The van der Waals surface area contributed by atoms with E-state index in [1.165, 1.54) is 6.08 Å². The molecular weight excluding hydrogens is 164 g/mol. The summed E-state index contributed by atoms with van der Waals surface area (Å²) in [4.78, 5) is 13.1. The Morgan fingerprint density at radius 3 is 2.46 bits per heavy atom.